The predicted molar refractivity (Wildman–Crippen MR) is 119 cm³/mol. The van der Waals surface area contributed by atoms with Gasteiger partial charge in [-0.05, 0) is 72.5 Å². The van der Waals surface area contributed by atoms with Crippen LogP contribution in [0.1, 0.15) is 105 Å². The Hall–Kier alpha value is -0.160. The molecule has 168 valence electrons. The molecule has 0 N–H and O–H groups in total. The molecule has 0 amide bonds. The van der Waals surface area contributed by atoms with E-state index >= 15 is 0 Å². The topological polar surface area (TPSA) is 30.9 Å². The average Bonchev–Trinajstić information content (AvgIpc) is 2.70. The molecule has 1 saturated heterocycles. The van der Waals surface area contributed by atoms with Crippen molar-refractivity contribution in [2.45, 2.75) is 111 Å². The first-order valence-electron chi connectivity index (χ1n) is 12.4. The van der Waals surface area contributed by atoms with Gasteiger partial charge in [0.1, 0.15) is 0 Å². The zero-order valence-corrected chi connectivity index (χ0v) is 19.5. The highest BCUT2D eigenvalue weighted by molar-refractivity contribution is 4.74. The summed E-state index contributed by atoms with van der Waals surface area (Å²) in [5, 5.41) is 0. The molecule has 0 bridgehead atoms. The van der Waals surface area contributed by atoms with Gasteiger partial charge in [-0.15, -0.1) is 0 Å². The number of piperidine rings is 1. The molecule has 1 atom stereocenters. The maximum absolute atomic E-state index is 6.15. The van der Waals surface area contributed by atoms with Crippen LogP contribution in [0.25, 0.3) is 0 Å². The summed E-state index contributed by atoms with van der Waals surface area (Å²) >= 11 is 0. The summed E-state index contributed by atoms with van der Waals surface area (Å²) in [5.74, 6) is -0.549. The third-order valence-electron chi connectivity index (χ3n) is 5.92. The number of likely N-dealkylation sites (tertiary alicyclic amines) is 1. The highest BCUT2D eigenvalue weighted by atomic mass is 16.9. The zero-order chi connectivity index (χ0) is 20.5. The molecular formula is C24H49NO3. The van der Waals surface area contributed by atoms with Gasteiger partial charge in [-0.2, -0.15) is 0 Å². The third kappa shape index (κ3) is 10.0. The molecule has 1 heterocycles. The highest BCUT2D eigenvalue weighted by Crippen LogP contribution is 2.34. The van der Waals surface area contributed by atoms with Crippen molar-refractivity contribution in [1.82, 2.24) is 4.90 Å². The summed E-state index contributed by atoms with van der Waals surface area (Å²) < 4.78 is 18.5. The van der Waals surface area contributed by atoms with Gasteiger partial charge in [-0.25, -0.2) is 0 Å². The molecule has 0 aromatic carbocycles. The second-order valence-electron chi connectivity index (χ2n) is 8.20. The van der Waals surface area contributed by atoms with Crippen LogP contribution in [0.15, 0.2) is 0 Å². The van der Waals surface area contributed by atoms with E-state index in [0.717, 1.165) is 12.8 Å². The maximum Gasteiger partial charge on any atom is 0.285 e. The highest BCUT2D eigenvalue weighted by Gasteiger charge is 2.41. The quantitative estimate of drug-likeness (QED) is 0.197. The van der Waals surface area contributed by atoms with Crippen LogP contribution in [0.2, 0.25) is 0 Å². The van der Waals surface area contributed by atoms with E-state index in [1.165, 1.54) is 83.8 Å². The summed E-state index contributed by atoms with van der Waals surface area (Å²) in [6, 6.07) is 0. The minimum Gasteiger partial charge on any atom is -0.328 e. The Kier molecular flexibility index (Phi) is 15.4. The van der Waals surface area contributed by atoms with Crippen LogP contribution in [0, 0.1) is 5.92 Å². The molecule has 0 aromatic rings. The molecule has 1 unspecified atom stereocenters. The first kappa shape index (κ1) is 25.9. The Bertz CT molecular complexity index is 328. The van der Waals surface area contributed by atoms with Crippen molar-refractivity contribution in [2.75, 3.05) is 39.5 Å². The molecule has 0 radical (unpaired) electrons. The largest absolute Gasteiger partial charge is 0.328 e. The van der Waals surface area contributed by atoms with E-state index in [9.17, 15) is 0 Å². The number of unbranched alkanes of at least 4 members (excludes halogenated alkanes) is 5. The minimum absolute atomic E-state index is 0.309. The number of rotatable bonds is 18. The normalized spacial score (nSPS) is 17.1. The van der Waals surface area contributed by atoms with Gasteiger partial charge in [0, 0.05) is 25.7 Å². The van der Waals surface area contributed by atoms with Crippen molar-refractivity contribution < 1.29 is 14.2 Å². The molecule has 1 aliphatic rings. The van der Waals surface area contributed by atoms with Crippen molar-refractivity contribution in [2.24, 2.45) is 5.92 Å². The van der Waals surface area contributed by atoms with Crippen molar-refractivity contribution in [3.05, 3.63) is 0 Å². The van der Waals surface area contributed by atoms with E-state index in [4.69, 9.17) is 14.2 Å². The van der Waals surface area contributed by atoms with Crippen LogP contribution >= 0.6 is 0 Å². The van der Waals surface area contributed by atoms with Crippen LogP contribution in [-0.2, 0) is 14.2 Å². The van der Waals surface area contributed by atoms with Gasteiger partial charge >= 0.3 is 0 Å². The number of ether oxygens (including phenoxy) is 3. The van der Waals surface area contributed by atoms with Crippen molar-refractivity contribution in [1.29, 1.82) is 0 Å². The summed E-state index contributed by atoms with van der Waals surface area (Å²) in [6.45, 7) is 14.0. The van der Waals surface area contributed by atoms with E-state index in [1.807, 2.05) is 20.8 Å². The van der Waals surface area contributed by atoms with Crippen LogP contribution in [-0.4, -0.2) is 50.3 Å². The fourth-order valence-corrected chi connectivity index (χ4v) is 4.50. The SMILES string of the molecule is CCCCCCCCC(CCCN1CCCCC1)C(OCC)(OCC)OCC. The fraction of sp³-hybridized carbons (Fsp3) is 1.00. The van der Waals surface area contributed by atoms with Gasteiger partial charge in [-0.1, -0.05) is 51.9 Å². The minimum atomic E-state index is -0.858. The second-order valence-corrected chi connectivity index (χ2v) is 8.20. The molecule has 28 heavy (non-hydrogen) atoms. The Labute approximate surface area is 175 Å². The van der Waals surface area contributed by atoms with Crippen LogP contribution in [0.4, 0.5) is 0 Å². The predicted octanol–water partition coefficient (Wildman–Crippen LogP) is 6.38. The maximum atomic E-state index is 6.15. The Morgan fingerprint density at radius 2 is 1.21 bits per heavy atom. The van der Waals surface area contributed by atoms with Crippen molar-refractivity contribution in [3.63, 3.8) is 0 Å². The molecule has 0 spiro atoms. The van der Waals surface area contributed by atoms with Crippen LogP contribution < -0.4 is 0 Å². The molecule has 1 rings (SSSR count). The number of hydrogen-bond donors (Lipinski definition) is 0. The van der Waals surface area contributed by atoms with E-state index < -0.39 is 5.97 Å². The number of nitrogens with zero attached hydrogens (tertiary/aromatic N) is 1. The summed E-state index contributed by atoms with van der Waals surface area (Å²) in [4.78, 5) is 2.63. The molecule has 4 nitrogen and oxygen atoms in total. The van der Waals surface area contributed by atoms with Crippen LogP contribution in [0.3, 0.4) is 0 Å². The second kappa shape index (κ2) is 16.6. The molecule has 4 heteroatoms. The summed E-state index contributed by atoms with van der Waals surface area (Å²) in [5.41, 5.74) is 0. The van der Waals surface area contributed by atoms with E-state index in [2.05, 4.69) is 11.8 Å². The van der Waals surface area contributed by atoms with E-state index in [-0.39, 0.29) is 0 Å². The van der Waals surface area contributed by atoms with Crippen LogP contribution in [0.5, 0.6) is 0 Å². The molecule has 1 fully saturated rings. The van der Waals surface area contributed by atoms with Gasteiger partial charge in [0.15, 0.2) is 0 Å². The Morgan fingerprint density at radius 3 is 1.79 bits per heavy atom. The van der Waals surface area contributed by atoms with Gasteiger partial charge in [-0.3, -0.25) is 0 Å². The van der Waals surface area contributed by atoms with Gasteiger partial charge < -0.3 is 19.1 Å². The van der Waals surface area contributed by atoms with Gasteiger partial charge in [0.2, 0.25) is 0 Å². The monoisotopic (exact) mass is 399 g/mol. The molecule has 0 aliphatic carbocycles. The first-order chi connectivity index (χ1) is 13.7. The van der Waals surface area contributed by atoms with E-state index in [0.29, 0.717) is 25.7 Å². The lowest BCUT2D eigenvalue weighted by molar-refractivity contribution is -0.403. The molecule has 0 aromatic heterocycles. The smallest absolute Gasteiger partial charge is 0.285 e. The third-order valence-corrected chi connectivity index (χ3v) is 5.92. The molecule has 0 saturated carbocycles. The van der Waals surface area contributed by atoms with Gasteiger partial charge in [0.05, 0.1) is 0 Å². The van der Waals surface area contributed by atoms with E-state index in [1.54, 1.807) is 0 Å². The zero-order valence-electron chi connectivity index (χ0n) is 19.5. The summed E-state index contributed by atoms with van der Waals surface area (Å²) in [6.07, 6.45) is 15.5. The Balaban J connectivity index is 2.63. The fourth-order valence-electron chi connectivity index (χ4n) is 4.50. The van der Waals surface area contributed by atoms with Crippen molar-refractivity contribution >= 4 is 0 Å². The Morgan fingerprint density at radius 1 is 0.679 bits per heavy atom. The lowest BCUT2D eigenvalue weighted by Gasteiger charge is -2.39. The lowest BCUT2D eigenvalue weighted by atomic mass is 9.92. The van der Waals surface area contributed by atoms with Gasteiger partial charge in [0.25, 0.3) is 5.97 Å². The average molecular weight is 400 g/mol. The molecular weight excluding hydrogens is 350 g/mol. The standard InChI is InChI=1S/C24H49NO3/c1-5-9-10-11-12-14-18-23(19-17-22-25-20-15-13-16-21-25)24(26-6-2,27-7-3)28-8-4/h23H,5-22H2,1-4H3. The molecule has 1 aliphatic heterocycles. The number of hydrogen-bond acceptors (Lipinski definition) is 4. The summed E-state index contributed by atoms with van der Waals surface area (Å²) in [7, 11) is 0. The lowest BCUT2D eigenvalue weighted by Crippen LogP contribution is -2.47. The van der Waals surface area contributed by atoms with Crippen molar-refractivity contribution in [3.8, 4) is 0 Å². The first-order valence-corrected chi connectivity index (χ1v) is 12.4.